The summed E-state index contributed by atoms with van der Waals surface area (Å²) in [6.07, 6.45) is -0.595. The fourth-order valence-corrected chi connectivity index (χ4v) is 3.47. The minimum absolute atomic E-state index is 0.0881. The highest BCUT2D eigenvalue weighted by molar-refractivity contribution is 5.22. The summed E-state index contributed by atoms with van der Waals surface area (Å²) in [5.41, 5.74) is -1.64. The van der Waals surface area contributed by atoms with Gasteiger partial charge in [-0.2, -0.15) is 0 Å². The van der Waals surface area contributed by atoms with E-state index in [9.17, 15) is 18.3 Å². The molecule has 1 N–H and O–H groups in total. The molecule has 5 heteroatoms. The molecule has 0 aromatic carbocycles. The number of hydrogen-bond donors (Lipinski definition) is 1. The van der Waals surface area contributed by atoms with Crippen LogP contribution in [-0.2, 0) is 0 Å². The Kier molecular flexibility index (Phi) is 1.66. The van der Waals surface area contributed by atoms with Crippen molar-refractivity contribution >= 4 is 0 Å². The highest BCUT2D eigenvalue weighted by atomic mass is 19.3. The summed E-state index contributed by atoms with van der Waals surface area (Å²) >= 11 is 0. The minimum atomic E-state index is -2.59. The van der Waals surface area contributed by atoms with Gasteiger partial charge in [0.2, 0.25) is 0 Å². The van der Waals surface area contributed by atoms with Crippen LogP contribution >= 0.6 is 0 Å². The second-order valence-electron chi connectivity index (χ2n) is 5.40. The number of alkyl halides is 3. The number of aliphatic hydroxyl groups excluding tert-OH is 1. The Morgan fingerprint density at radius 1 is 1.33 bits per heavy atom. The van der Waals surface area contributed by atoms with Crippen molar-refractivity contribution in [3.63, 3.8) is 0 Å². The van der Waals surface area contributed by atoms with Crippen LogP contribution in [0.15, 0.2) is 0 Å². The van der Waals surface area contributed by atoms with E-state index in [0.717, 1.165) is 0 Å². The van der Waals surface area contributed by atoms with E-state index in [1.807, 2.05) is 0 Å². The predicted molar refractivity (Wildman–Crippen MR) is 47.5 cm³/mol. The molecular formula is C10H14F3NO. The van der Waals surface area contributed by atoms with E-state index >= 15 is 0 Å². The Balaban J connectivity index is 1.86. The fraction of sp³-hybridized carbons (Fsp3) is 1.00. The van der Waals surface area contributed by atoms with Crippen LogP contribution in [0.2, 0.25) is 0 Å². The third-order valence-corrected chi connectivity index (χ3v) is 4.36. The lowest BCUT2D eigenvalue weighted by molar-refractivity contribution is 0.0630. The van der Waals surface area contributed by atoms with Crippen molar-refractivity contribution in [3.05, 3.63) is 0 Å². The summed E-state index contributed by atoms with van der Waals surface area (Å²) < 4.78 is 39.6. The van der Waals surface area contributed by atoms with Crippen molar-refractivity contribution in [1.29, 1.82) is 0 Å². The predicted octanol–water partition coefficient (Wildman–Crippen LogP) is 1.19. The maximum atomic E-state index is 13.2. The first-order valence-electron chi connectivity index (χ1n) is 5.31. The van der Waals surface area contributed by atoms with Crippen molar-refractivity contribution in [1.82, 2.24) is 4.90 Å². The minimum Gasteiger partial charge on any atom is -0.394 e. The molecule has 3 fully saturated rings. The molecule has 3 aliphatic rings. The number of nitrogens with zero attached hydrogens (tertiary/aromatic N) is 1. The van der Waals surface area contributed by atoms with Gasteiger partial charge in [-0.15, -0.1) is 0 Å². The lowest BCUT2D eigenvalue weighted by Gasteiger charge is -2.28. The van der Waals surface area contributed by atoms with Gasteiger partial charge in [-0.25, -0.2) is 13.2 Å². The van der Waals surface area contributed by atoms with Crippen LogP contribution < -0.4 is 0 Å². The van der Waals surface area contributed by atoms with E-state index in [1.54, 1.807) is 4.90 Å². The zero-order chi connectivity index (χ0) is 10.9. The van der Waals surface area contributed by atoms with Crippen molar-refractivity contribution in [3.8, 4) is 0 Å². The van der Waals surface area contributed by atoms with E-state index in [1.165, 1.54) is 0 Å². The second-order valence-corrected chi connectivity index (χ2v) is 5.40. The number of hydrogen-bond acceptors (Lipinski definition) is 2. The summed E-state index contributed by atoms with van der Waals surface area (Å²) in [7, 11) is 0. The molecule has 3 atom stereocenters. The molecule has 15 heavy (non-hydrogen) atoms. The molecule has 86 valence electrons. The average Bonchev–Trinajstić information content (AvgIpc) is 2.38. The Bertz CT molecular complexity index is 311. The van der Waals surface area contributed by atoms with Crippen molar-refractivity contribution < 1.29 is 18.3 Å². The summed E-state index contributed by atoms with van der Waals surface area (Å²) in [4.78, 5) is 1.73. The maximum absolute atomic E-state index is 13.2. The molecule has 1 aliphatic carbocycles. The number of rotatable bonds is 1. The largest absolute Gasteiger partial charge is 0.394 e. The zero-order valence-electron chi connectivity index (χ0n) is 8.35. The first-order valence-corrected chi connectivity index (χ1v) is 5.31. The molecule has 0 aromatic rings. The number of fused-ring (bicyclic) bond motifs is 1. The first-order chi connectivity index (χ1) is 6.93. The van der Waals surface area contributed by atoms with Crippen LogP contribution in [0.25, 0.3) is 0 Å². The SMILES string of the molecule is OC[C@]12C[C@@H](F)CN1CC1(CC1(F)F)C2. The summed E-state index contributed by atoms with van der Waals surface area (Å²) in [6.45, 7) is 0.255. The normalized spacial score (nSPS) is 52.4. The third-order valence-electron chi connectivity index (χ3n) is 4.36. The highest BCUT2D eigenvalue weighted by Gasteiger charge is 2.77. The Morgan fingerprint density at radius 3 is 2.47 bits per heavy atom. The van der Waals surface area contributed by atoms with Crippen molar-refractivity contribution in [2.24, 2.45) is 5.41 Å². The standard InChI is InChI=1S/C10H14F3NO/c11-7-1-9(6-15)3-8(4-10(8,12)13)5-14(9)2-7/h7,15H,1-6H2/t7-,8?,9-/m1/s1. The van der Waals surface area contributed by atoms with Crippen LogP contribution in [0.1, 0.15) is 19.3 Å². The Morgan fingerprint density at radius 2 is 2.00 bits per heavy atom. The average molecular weight is 221 g/mol. The second kappa shape index (κ2) is 2.51. The zero-order valence-corrected chi connectivity index (χ0v) is 8.35. The van der Waals surface area contributed by atoms with Gasteiger partial charge in [-0.1, -0.05) is 0 Å². The third kappa shape index (κ3) is 1.08. The van der Waals surface area contributed by atoms with Gasteiger partial charge < -0.3 is 5.11 Å². The van der Waals surface area contributed by atoms with E-state index < -0.39 is 23.0 Å². The lowest BCUT2D eigenvalue weighted by Crippen LogP contribution is -2.41. The van der Waals surface area contributed by atoms with Gasteiger partial charge in [0.25, 0.3) is 5.92 Å². The number of halogens is 3. The smallest absolute Gasteiger partial charge is 0.255 e. The molecule has 0 aromatic heterocycles. The van der Waals surface area contributed by atoms with E-state index in [0.29, 0.717) is 0 Å². The van der Waals surface area contributed by atoms with Crippen LogP contribution in [0.3, 0.4) is 0 Å². The summed E-state index contributed by atoms with van der Waals surface area (Å²) in [5.74, 6) is -2.59. The molecular weight excluding hydrogens is 207 g/mol. The number of aliphatic hydroxyl groups is 1. The molecule has 2 nitrogen and oxygen atoms in total. The summed E-state index contributed by atoms with van der Waals surface area (Å²) in [5, 5.41) is 9.32. The molecule has 1 spiro atoms. The van der Waals surface area contributed by atoms with Gasteiger partial charge in [0, 0.05) is 31.5 Å². The molecule has 1 unspecified atom stereocenters. The van der Waals surface area contributed by atoms with Gasteiger partial charge in [0.1, 0.15) is 6.17 Å². The first kappa shape index (κ1) is 9.90. The van der Waals surface area contributed by atoms with Crippen molar-refractivity contribution in [2.45, 2.75) is 36.9 Å². The Hall–Kier alpha value is -0.290. The molecule has 0 radical (unpaired) electrons. The van der Waals surface area contributed by atoms with Crippen LogP contribution in [0.4, 0.5) is 13.2 Å². The van der Waals surface area contributed by atoms with Crippen LogP contribution in [0.5, 0.6) is 0 Å². The van der Waals surface area contributed by atoms with E-state index in [4.69, 9.17) is 0 Å². The topological polar surface area (TPSA) is 23.5 Å². The van der Waals surface area contributed by atoms with Crippen LogP contribution in [0, 0.1) is 5.41 Å². The van der Waals surface area contributed by atoms with E-state index in [2.05, 4.69) is 0 Å². The Labute approximate surface area is 86.1 Å². The molecule has 0 amide bonds. The van der Waals surface area contributed by atoms with Crippen LogP contribution in [-0.4, -0.2) is 47.3 Å². The quantitative estimate of drug-likeness (QED) is 0.719. The molecule has 0 bridgehead atoms. The van der Waals surface area contributed by atoms with E-state index in [-0.39, 0.29) is 39.0 Å². The van der Waals surface area contributed by atoms with Gasteiger partial charge in [0.05, 0.1) is 12.0 Å². The van der Waals surface area contributed by atoms with Gasteiger partial charge >= 0.3 is 0 Å². The molecule has 3 rings (SSSR count). The van der Waals surface area contributed by atoms with Gasteiger partial charge in [-0.05, 0) is 6.42 Å². The monoisotopic (exact) mass is 221 g/mol. The molecule has 2 aliphatic heterocycles. The van der Waals surface area contributed by atoms with Gasteiger partial charge in [0.15, 0.2) is 0 Å². The molecule has 2 heterocycles. The van der Waals surface area contributed by atoms with Gasteiger partial charge in [-0.3, -0.25) is 4.90 Å². The van der Waals surface area contributed by atoms with Crippen molar-refractivity contribution in [2.75, 3.05) is 19.7 Å². The fourth-order valence-electron chi connectivity index (χ4n) is 3.47. The molecule has 2 saturated heterocycles. The molecule has 1 saturated carbocycles. The maximum Gasteiger partial charge on any atom is 0.255 e. The highest BCUT2D eigenvalue weighted by Crippen LogP contribution is 2.69. The summed E-state index contributed by atoms with van der Waals surface area (Å²) in [6, 6.07) is 0. The lowest BCUT2D eigenvalue weighted by atomic mass is 9.88.